The van der Waals surface area contributed by atoms with Crippen molar-refractivity contribution in [3.05, 3.63) is 41.6 Å². The summed E-state index contributed by atoms with van der Waals surface area (Å²) in [5.74, 6) is 0.117. The van der Waals surface area contributed by atoms with E-state index in [4.69, 9.17) is 16.3 Å². The van der Waals surface area contributed by atoms with Crippen LogP contribution in [0.1, 0.15) is 0 Å². The largest absolute Gasteiger partial charge is 0.497 e. The highest BCUT2D eigenvalue weighted by Gasteiger charge is 2.06. The molecule has 0 spiro atoms. The van der Waals surface area contributed by atoms with Crippen molar-refractivity contribution < 1.29 is 9.13 Å². The average molecular weight is 254 g/mol. The molecule has 88 valence electrons. The molecule has 17 heavy (non-hydrogen) atoms. The van der Waals surface area contributed by atoms with Crippen LogP contribution in [-0.2, 0) is 0 Å². The van der Waals surface area contributed by atoms with Gasteiger partial charge in [-0.1, -0.05) is 6.07 Å². The van der Waals surface area contributed by atoms with Crippen LogP contribution in [0.4, 0.5) is 15.9 Å². The number of rotatable bonds is 3. The van der Waals surface area contributed by atoms with Gasteiger partial charge in [0.15, 0.2) is 11.6 Å². The SMILES string of the molecule is COc1cccc(Nc2nc(Cl)ncc2F)c1. The fourth-order valence-corrected chi connectivity index (χ4v) is 1.40. The minimum atomic E-state index is -0.572. The first-order valence-electron chi connectivity index (χ1n) is 4.78. The zero-order valence-electron chi connectivity index (χ0n) is 8.95. The van der Waals surface area contributed by atoms with Crippen molar-refractivity contribution in [2.24, 2.45) is 0 Å². The van der Waals surface area contributed by atoms with Crippen LogP contribution in [-0.4, -0.2) is 17.1 Å². The Morgan fingerprint density at radius 1 is 1.41 bits per heavy atom. The second-order valence-corrected chi connectivity index (χ2v) is 3.53. The number of ether oxygens (including phenoxy) is 1. The zero-order chi connectivity index (χ0) is 12.3. The molecule has 0 saturated carbocycles. The Morgan fingerprint density at radius 2 is 2.24 bits per heavy atom. The van der Waals surface area contributed by atoms with Gasteiger partial charge in [0.25, 0.3) is 0 Å². The molecule has 1 N–H and O–H groups in total. The van der Waals surface area contributed by atoms with Crippen LogP contribution in [0.5, 0.6) is 5.75 Å². The Hall–Kier alpha value is -1.88. The lowest BCUT2D eigenvalue weighted by Gasteiger charge is -2.07. The Morgan fingerprint density at radius 3 is 3.00 bits per heavy atom. The predicted octanol–water partition coefficient (Wildman–Crippen LogP) is 3.02. The van der Waals surface area contributed by atoms with Crippen molar-refractivity contribution >= 4 is 23.1 Å². The number of hydrogen-bond acceptors (Lipinski definition) is 4. The summed E-state index contributed by atoms with van der Waals surface area (Å²) in [5.41, 5.74) is 0.651. The molecular weight excluding hydrogens is 245 g/mol. The number of aromatic nitrogens is 2. The maximum absolute atomic E-state index is 13.4. The molecule has 4 nitrogen and oxygen atoms in total. The smallest absolute Gasteiger partial charge is 0.224 e. The molecule has 0 aliphatic rings. The summed E-state index contributed by atoms with van der Waals surface area (Å²) in [5, 5.41) is 2.78. The maximum atomic E-state index is 13.4. The van der Waals surface area contributed by atoms with Crippen molar-refractivity contribution in [3.8, 4) is 5.75 Å². The lowest BCUT2D eigenvalue weighted by atomic mass is 10.3. The molecule has 0 unspecified atom stereocenters. The van der Waals surface area contributed by atoms with Crippen LogP contribution in [0.15, 0.2) is 30.5 Å². The van der Waals surface area contributed by atoms with Gasteiger partial charge in [-0.25, -0.2) is 9.37 Å². The van der Waals surface area contributed by atoms with Crippen LogP contribution in [0, 0.1) is 5.82 Å². The van der Waals surface area contributed by atoms with E-state index in [0.29, 0.717) is 11.4 Å². The summed E-state index contributed by atoms with van der Waals surface area (Å²) in [6.07, 6.45) is 1.01. The number of methoxy groups -OCH3 is 1. The lowest BCUT2D eigenvalue weighted by Crippen LogP contribution is -1.99. The molecule has 2 aromatic rings. The van der Waals surface area contributed by atoms with Gasteiger partial charge in [-0.2, -0.15) is 4.98 Å². The molecule has 0 aliphatic heterocycles. The number of nitrogens with one attached hydrogen (secondary N) is 1. The fourth-order valence-electron chi connectivity index (χ4n) is 1.27. The third-order valence-electron chi connectivity index (χ3n) is 2.05. The van der Waals surface area contributed by atoms with Gasteiger partial charge in [0.1, 0.15) is 5.75 Å². The van der Waals surface area contributed by atoms with E-state index in [-0.39, 0.29) is 11.1 Å². The fraction of sp³-hybridized carbons (Fsp3) is 0.0909. The Balaban J connectivity index is 2.27. The standard InChI is InChI=1S/C11H9ClFN3O/c1-17-8-4-2-3-7(5-8)15-10-9(13)6-14-11(12)16-10/h2-6H,1H3,(H,14,15,16). The second-order valence-electron chi connectivity index (χ2n) is 3.19. The Labute approximate surface area is 102 Å². The summed E-state index contributed by atoms with van der Waals surface area (Å²) < 4.78 is 18.4. The van der Waals surface area contributed by atoms with E-state index in [1.54, 1.807) is 31.4 Å². The van der Waals surface area contributed by atoms with E-state index in [2.05, 4.69) is 15.3 Å². The van der Waals surface area contributed by atoms with E-state index < -0.39 is 5.82 Å². The van der Waals surface area contributed by atoms with Crippen LogP contribution < -0.4 is 10.1 Å². The third-order valence-corrected chi connectivity index (χ3v) is 2.23. The summed E-state index contributed by atoms with van der Waals surface area (Å²) in [6, 6.07) is 7.05. The highest BCUT2D eigenvalue weighted by atomic mass is 35.5. The van der Waals surface area contributed by atoms with Gasteiger partial charge in [-0.05, 0) is 23.7 Å². The van der Waals surface area contributed by atoms with Gasteiger partial charge < -0.3 is 10.1 Å². The Kier molecular flexibility index (Phi) is 3.39. The van der Waals surface area contributed by atoms with E-state index in [1.807, 2.05) is 0 Å². The van der Waals surface area contributed by atoms with Crippen LogP contribution >= 0.6 is 11.6 Å². The summed E-state index contributed by atoms with van der Waals surface area (Å²) in [6.45, 7) is 0. The van der Waals surface area contributed by atoms with Gasteiger partial charge in [0.05, 0.1) is 13.3 Å². The quantitative estimate of drug-likeness (QED) is 0.854. The van der Waals surface area contributed by atoms with Crippen LogP contribution in [0.3, 0.4) is 0 Å². The number of halogens is 2. The topological polar surface area (TPSA) is 47.0 Å². The van der Waals surface area contributed by atoms with Crippen molar-refractivity contribution in [1.29, 1.82) is 0 Å². The minimum Gasteiger partial charge on any atom is -0.497 e. The zero-order valence-corrected chi connectivity index (χ0v) is 9.70. The van der Waals surface area contributed by atoms with Crippen molar-refractivity contribution in [1.82, 2.24) is 9.97 Å². The third kappa shape index (κ3) is 2.82. The molecule has 0 fully saturated rings. The number of anilines is 2. The molecule has 2 rings (SSSR count). The van der Waals surface area contributed by atoms with Gasteiger partial charge >= 0.3 is 0 Å². The Bertz CT molecular complexity index is 536. The second kappa shape index (κ2) is 4.97. The molecule has 0 aliphatic carbocycles. The van der Waals surface area contributed by atoms with E-state index in [9.17, 15) is 4.39 Å². The van der Waals surface area contributed by atoms with E-state index in [1.165, 1.54) is 0 Å². The molecule has 0 bridgehead atoms. The number of benzene rings is 1. The minimum absolute atomic E-state index is 0.0169. The first kappa shape index (κ1) is 11.6. The molecule has 0 saturated heterocycles. The van der Waals surface area contributed by atoms with Crippen molar-refractivity contribution in [2.45, 2.75) is 0 Å². The molecule has 0 amide bonds. The monoisotopic (exact) mass is 253 g/mol. The van der Waals surface area contributed by atoms with Gasteiger partial charge in [0.2, 0.25) is 5.28 Å². The molecule has 1 aromatic carbocycles. The molecule has 1 heterocycles. The van der Waals surface area contributed by atoms with Gasteiger partial charge in [-0.3, -0.25) is 0 Å². The summed E-state index contributed by atoms with van der Waals surface area (Å²) >= 11 is 5.59. The number of nitrogens with zero attached hydrogens (tertiary/aromatic N) is 2. The lowest BCUT2D eigenvalue weighted by molar-refractivity contribution is 0.415. The average Bonchev–Trinajstić information content (AvgIpc) is 2.34. The molecule has 1 aromatic heterocycles. The molecule has 6 heteroatoms. The number of hydrogen-bond donors (Lipinski definition) is 1. The van der Waals surface area contributed by atoms with Crippen molar-refractivity contribution in [2.75, 3.05) is 12.4 Å². The van der Waals surface area contributed by atoms with Gasteiger partial charge in [0, 0.05) is 11.8 Å². The summed E-state index contributed by atoms with van der Waals surface area (Å²) in [4.78, 5) is 7.28. The summed E-state index contributed by atoms with van der Waals surface area (Å²) in [7, 11) is 1.56. The van der Waals surface area contributed by atoms with E-state index >= 15 is 0 Å². The van der Waals surface area contributed by atoms with Gasteiger partial charge in [-0.15, -0.1) is 0 Å². The van der Waals surface area contributed by atoms with Crippen LogP contribution in [0.2, 0.25) is 5.28 Å². The molecule has 0 atom stereocenters. The maximum Gasteiger partial charge on any atom is 0.224 e. The molecular formula is C11H9ClFN3O. The molecule has 0 radical (unpaired) electrons. The highest BCUT2D eigenvalue weighted by molar-refractivity contribution is 6.28. The highest BCUT2D eigenvalue weighted by Crippen LogP contribution is 2.22. The van der Waals surface area contributed by atoms with E-state index in [0.717, 1.165) is 6.20 Å². The first-order valence-corrected chi connectivity index (χ1v) is 5.16. The van der Waals surface area contributed by atoms with Crippen molar-refractivity contribution in [3.63, 3.8) is 0 Å². The normalized spacial score (nSPS) is 10.1. The first-order chi connectivity index (χ1) is 8.19. The predicted molar refractivity (Wildman–Crippen MR) is 63.3 cm³/mol. The van der Waals surface area contributed by atoms with Crippen LogP contribution in [0.25, 0.3) is 0 Å².